The average molecular weight is 492 g/mol. The maximum Gasteiger partial charge on any atom is 0.361 e. The molecule has 0 aliphatic carbocycles. The SMILES string of the molecule is O=C(NO)c1ccc(NC(=O)[C@H](c2ccccc2)N(c2ccc3ccccc3c2)S(=O)(=O)O)cc1. The number of fused-ring (bicyclic) bond motifs is 1. The standard InChI is InChI=1S/C25H21N3O6S/c29-24(27-31)19-10-13-21(14-11-19)26-25(30)23(18-7-2-1-3-8-18)28(35(32,33)34)22-15-12-17-6-4-5-9-20(17)16-22/h1-16,23,31H,(H,26,30)(H,27,29)(H,32,33,34)/t23-/m0/s1. The maximum atomic E-state index is 13.5. The Kier molecular flexibility index (Phi) is 6.78. The highest BCUT2D eigenvalue weighted by molar-refractivity contribution is 7.87. The Morgan fingerprint density at radius 3 is 2.06 bits per heavy atom. The van der Waals surface area contributed by atoms with Gasteiger partial charge in [-0.05, 0) is 52.7 Å². The molecule has 0 spiro atoms. The molecule has 0 heterocycles. The molecule has 0 aliphatic heterocycles. The van der Waals surface area contributed by atoms with Gasteiger partial charge in [0.2, 0.25) is 0 Å². The number of nitrogens with one attached hydrogen (secondary N) is 2. The highest BCUT2D eigenvalue weighted by Crippen LogP contribution is 2.33. The highest BCUT2D eigenvalue weighted by Gasteiger charge is 2.36. The van der Waals surface area contributed by atoms with Crippen LogP contribution in [-0.4, -0.2) is 30.0 Å². The van der Waals surface area contributed by atoms with E-state index in [1.807, 2.05) is 12.1 Å². The lowest BCUT2D eigenvalue weighted by atomic mass is 10.0. The summed E-state index contributed by atoms with van der Waals surface area (Å²) in [7, 11) is -4.90. The van der Waals surface area contributed by atoms with Gasteiger partial charge < -0.3 is 5.32 Å². The normalized spacial score (nSPS) is 12.1. The molecule has 4 aromatic rings. The van der Waals surface area contributed by atoms with Crippen molar-refractivity contribution in [2.24, 2.45) is 0 Å². The van der Waals surface area contributed by atoms with Gasteiger partial charge in [-0.1, -0.05) is 60.7 Å². The number of hydrogen-bond donors (Lipinski definition) is 4. The fourth-order valence-electron chi connectivity index (χ4n) is 3.74. The second-order valence-electron chi connectivity index (χ2n) is 7.63. The molecule has 0 aliphatic rings. The molecule has 10 heteroatoms. The number of carbonyl (C=O) groups excluding carboxylic acids is 2. The summed E-state index contributed by atoms with van der Waals surface area (Å²) in [4.78, 5) is 25.0. The summed E-state index contributed by atoms with van der Waals surface area (Å²) in [6, 6.07) is 24.4. The summed E-state index contributed by atoms with van der Waals surface area (Å²) < 4.78 is 36.1. The van der Waals surface area contributed by atoms with E-state index in [1.165, 1.54) is 35.8 Å². The van der Waals surface area contributed by atoms with E-state index in [9.17, 15) is 22.6 Å². The van der Waals surface area contributed by atoms with Crippen LogP contribution in [-0.2, 0) is 15.1 Å². The van der Waals surface area contributed by atoms with E-state index in [1.54, 1.807) is 54.6 Å². The summed E-state index contributed by atoms with van der Waals surface area (Å²) >= 11 is 0. The molecule has 4 aromatic carbocycles. The van der Waals surface area contributed by atoms with Gasteiger partial charge in [0.05, 0.1) is 5.69 Å². The van der Waals surface area contributed by atoms with Crippen LogP contribution in [0.3, 0.4) is 0 Å². The van der Waals surface area contributed by atoms with Gasteiger partial charge in [-0.15, -0.1) is 0 Å². The number of nitrogens with zero attached hydrogens (tertiary/aromatic N) is 1. The topological polar surface area (TPSA) is 136 Å². The van der Waals surface area contributed by atoms with Gasteiger partial charge in [0.25, 0.3) is 11.8 Å². The van der Waals surface area contributed by atoms with Crippen molar-refractivity contribution < 1.29 is 27.8 Å². The molecule has 0 bridgehead atoms. The molecular weight excluding hydrogens is 470 g/mol. The molecule has 35 heavy (non-hydrogen) atoms. The first-order chi connectivity index (χ1) is 16.8. The Bertz CT molecular complexity index is 1470. The van der Waals surface area contributed by atoms with Gasteiger partial charge in [0.15, 0.2) is 6.04 Å². The molecular formula is C25H21N3O6S. The lowest BCUT2D eigenvalue weighted by Gasteiger charge is -2.30. The van der Waals surface area contributed by atoms with Crippen molar-refractivity contribution in [3.05, 3.63) is 108 Å². The van der Waals surface area contributed by atoms with Crippen molar-refractivity contribution in [2.75, 3.05) is 9.62 Å². The van der Waals surface area contributed by atoms with Gasteiger partial charge in [-0.2, -0.15) is 8.42 Å². The molecule has 0 fully saturated rings. The minimum Gasteiger partial charge on any atom is -0.324 e. The molecule has 0 aromatic heterocycles. The molecule has 0 unspecified atom stereocenters. The number of carbonyl (C=O) groups is 2. The Morgan fingerprint density at radius 1 is 0.800 bits per heavy atom. The van der Waals surface area contributed by atoms with Crippen LogP contribution in [0.25, 0.3) is 10.8 Å². The van der Waals surface area contributed by atoms with Crippen LogP contribution >= 0.6 is 0 Å². The fourth-order valence-corrected chi connectivity index (χ4v) is 4.60. The van der Waals surface area contributed by atoms with Crippen LogP contribution in [0.1, 0.15) is 22.0 Å². The number of benzene rings is 4. The first-order valence-electron chi connectivity index (χ1n) is 10.4. The van der Waals surface area contributed by atoms with Gasteiger partial charge in [-0.3, -0.25) is 19.3 Å². The smallest absolute Gasteiger partial charge is 0.324 e. The van der Waals surface area contributed by atoms with E-state index in [0.29, 0.717) is 9.87 Å². The zero-order chi connectivity index (χ0) is 25.0. The minimum absolute atomic E-state index is 0.102. The first-order valence-corrected chi connectivity index (χ1v) is 11.8. The molecule has 9 nitrogen and oxygen atoms in total. The number of hydrogen-bond acceptors (Lipinski definition) is 5. The molecule has 4 N–H and O–H groups in total. The van der Waals surface area contributed by atoms with Gasteiger partial charge >= 0.3 is 10.3 Å². The monoisotopic (exact) mass is 491 g/mol. The predicted molar refractivity (Wildman–Crippen MR) is 131 cm³/mol. The van der Waals surface area contributed by atoms with Crippen molar-refractivity contribution in [3.63, 3.8) is 0 Å². The second kappa shape index (κ2) is 9.94. The lowest BCUT2D eigenvalue weighted by molar-refractivity contribution is -0.117. The van der Waals surface area contributed by atoms with Crippen LogP contribution < -0.4 is 15.1 Å². The van der Waals surface area contributed by atoms with Crippen molar-refractivity contribution in [1.29, 1.82) is 0 Å². The van der Waals surface area contributed by atoms with Crippen molar-refractivity contribution >= 4 is 44.3 Å². The minimum atomic E-state index is -4.90. The second-order valence-corrected chi connectivity index (χ2v) is 8.91. The van der Waals surface area contributed by atoms with E-state index in [2.05, 4.69) is 5.32 Å². The van der Waals surface area contributed by atoms with Crippen LogP contribution in [0, 0.1) is 0 Å². The van der Waals surface area contributed by atoms with Crippen LogP contribution in [0.15, 0.2) is 97.1 Å². The fraction of sp³-hybridized carbons (Fsp3) is 0.0400. The number of rotatable bonds is 7. The van der Waals surface area contributed by atoms with Crippen molar-refractivity contribution in [1.82, 2.24) is 5.48 Å². The Morgan fingerprint density at radius 2 is 1.43 bits per heavy atom. The molecule has 178 valence electrons. The van der Waals surface area contributed by atoms with Crippen LogP contribution in [0.4, 0.5) is 11.4 Å². The molecule has 0 radical (unpaired) electrons. The first kappa shape index (κ1) is 23.9. The third kappa shape index (κ3) is 5.30. The van der Waals surface area contributed by atoms with E-state index < -0.39 is 28.2 Å². The van der Waals surface area contributed by atoms with Crippen molar-refractivity contribution in [2.45, 2.75) is 6.04 Å². The third-order valence-electron chi connectivity index (χ3n) is 5.35. The van der Waals surface area contributed by atoms with Gasteiger partial charge in [0, 0.05) is 11.3 Å². The molecule has 0 saturated heterocycles. The Balaban J connectivity index is 1.77. The summed E-state index contributed by atoms with van der Waals surface area (Å²) in [5.41, 5.74) is 2.37. The summed E-state index contributed by atoms with van der Waals surface area (Å²) in [6.45, 7) is 0. The molecule has 0 saturated carbocycles. The summed E-state index contributed by atoms with van der Waals surface area (Å²) in [5.74, 6) is -1.46. The summed E-state index contributed by atoms with van der Waals surface area (Å²) in [6.07, 6.45) is 0. The highest BCUT2D eigenvalue weighted by atomic mass is 32.2. The predicted octanol–water partition coefficient (Wildman–Crippen LogP) is 3.95. The Hall–Kier alpha value is -4.25. The lowest BCUT2D eigenvalue weighted by Crippen LogP contribution is -2.41. The Labute approximate surface area is 201 Å². The molecule has 4 rings (SSSR count). The van der Waals surface area contributed by atoms with Gasteiger partial charge in [-0.25, -0.2) is 9.79 Å². The summed E-state index contributed by atoms with van der Waals surface area (Å²) in [5, 5.41) is 13.0. The number of hydroxylamine groups is 1. The zero-order valence-electron chi connectivity index (χ0n) is 18.2. The van der Waals surface area contributed by atoms with Crippen molar-refractivity contribution in [3.8, 4) is 0 Å². The molecule has 2 amide bonds. The van der Waals surface area contributed by atoms with E-state index in [4.69, 9.17) is 5.21 Å². The zero-order valence-corrected chi connectivity index (χ0v) is 19.0. The maximum absolute atomic E-state index is 13.5. The van der Waals surface area contributed by atoms with E-state index in [-0.39, 0.29) is 16.9 Å². The largest absolute Gasteiger partial charge is 0.361 e. The average Bonchev–Trinajstić information content (AvgIpc) is 2.86. The van der Waals surface area contributed by atoms with E-state index in [0.717, 1.165) is 10.8 Å². The van der Waals surface area contributed by atoms with Gasteiger partial charge in [0.1, 0.15) is 0 Å². The molecule has 1 atom stereocenters. The van der Waals surface area contributed by atoms with E-state index >= 15 is 0 Å². The number of amides is 2. The van der Waals surface area contributed by atoms with Crippen LogP contribution in [0.5, 0.6) is 0 Å². The third-order valence-corrected chi connectivity index (χ3v) is 6.27. The quantitative estimate of drug-likeness (QED) is 0.176. The van der Waals surface area contributed by atoms with Crippen LogP contribution in [0.2, 0.25) is 0 Å². The number of anilines is 2.